The maximum atomic E-state index is 5.62. The minimum atomic E-state index is 0.0892. The smallest absolute Gasteiger partial charge is 0.137 e. The topological polar surface area (TPSA) is 30.3 Å². The lowest BCUT2D eigenvalue weighted by molar-refractivity contribution is 0.0668. The first-order valence-electron chi connectivity index (χ1n) is 7.16. The first kappa shape index (κ1) is 13.6. The third kappa shape index (κ3) is 3.56. The van der Waals surface area contributed by atoms with E-state index in [1.807, 2.05) is 13.1 Å². The van der Waals surface area contributed by atoms with E-state index in [9.17, 15) is 0 Å². The van der Waals surface area contributed by atoms with Crippen LogP contribution in [0, 0.1) is 0 Å². The monoisotopic (exact) mass is 251 g/mol. The highest BCUT2D eigenvalue weighted by molar-refractivity contribution is 4.96. The fourth-order valence-electron chi connectivity index (χ4n) is 2.62. The average molecular weight is 251 g/mol. The summed E-state index contributed by atoms with van der Waals surface area (Å²) in [6.07, 6.45) is 8.13. The van der Waals surface area contributed by atoms with Gasteiger partial charge < -0.3 is 14.2 Å². The first-order valence-corrected chi connectivity index (χ1v) is 7.16. The van der Waals surface area contributed by atoms with E-state index in [1.54, 1.807) is 0 Å². The van der Waals surface area contributed by atoms with Crippen LogP contribution in [-0.4, -0.2) is 40.7 Å². The Morgan fingerprint density at radius 2 is 2.06 bits per heavy atom. The number of aromatic nitrogens is 2. The summed E-state index contributed by atoms with van der Waals surface area (Å²) < 4.78 is 7.85. The van der Waals surface area contributed by atoms with Crippen LogP contribution in [0.4, 0.5) is 0 Å². The van der Waals surface area contributed by atoms with Crippen molar-refractivity contribution < 1.29 is 4.74 Å². The Morgan fingerprint density at radius 1 is 1.28 bits per heavy atom. The maximum absolute atomic E-state index is 5.62. The molecule has 102 valence electrons. The molecule has 1 aliphatic heterocycles. The van der Waals surface area contributed by atoms with Crippen molar-refractivity contribution >= 4 is 0 Å². The van der Waals surface area contributed by atoms with Crippen LogP contribution in [0.15, 0.2) is 12.4 Å². The number of likely N-dealkylation sites (tertiary alicyclic amines) is 1. The van der Waals surface area contributed by atoms with Gasteiger partial charge in [-0.3, -0.25) is 0 Å². The summed E-state index contributed by atoms with van der Waals surface area (Å²) in [5.41, 5.74) is 0. The minimum absolute atomic E-state index is 0.0892. The Bertz CT molecular complexity index is 345. The first-order chi connectivity index (χ1) is 8.81. The lowest BCUT2D eigenvalue weighted by Crippen LogP contribution is -2.32. The molecule has 1 atom stereocenters. The van der Waals surface area contributed by atoms with Crippen LogP contribution in [-0.2, 0) is 11.3 Å². The van der Waals surface area contributed by atoms with Crippen LogP contribution >= 0.6 is 0 Å². The Balaban J connectivity index is 1.86. The number of ether oxygens (including phenoxy) is 1. The third-order valence-corrected chi connectivity index (χ3v) is 3.63. The van der Waals surface area contributed by atoms with Crippen LogP contribution < -0.4 is 0 Å². The zero-order chi connectivity index (χ0) is 12.8. The molecule has 0 amide bonds. The van der Waals surface area contributed by atoms with E-state index in [2.05, 4.69) is 27.6 Å². The zero-order valence-electron chi connectivity index (χ0n) is 11.6. The fraction of sp³-hybridized carbons (Fsp3) is 0.786. The molecule has 1 aromatic heterocycles. The van der Waals surface area contributed by atoms with E-state index in [-0.39, 0.29) is 6.10 Å². The van der Waals surface area contributed by atoms with Gasteiger partial charge in [0.15, 0.2) is 0 Å². The molecule has 0 radical (unpaired) electrons. The van der Waals surface area contributed by atoms with Crippen molar-refractivity contribution in [1.29, 1.82) is 0 Å². The van der Waals surface area contributed by atoms with Crippen LogP contribution in [0.5, 0.6) is 0 Å². The van der Waals surface area contributed by atoms with Gasteiger partial charge >= 0.3 is 0 Å². The molecule has 18 heavy (non-hydrogen) atoms. The summed E-state index contributed by atoms with van der Waals surface area (Å²) in [5.74, 6) is 1.05. The van der Waals surface area contributed by atoms with Crippen molar-refractivity contribution in [2.24, 2.45) is 0 Å². The molecule has 4 heteroatoms. The molecule has 0 aromatic carbocycles. The number of nitrogens with zero attached hydrogens (tertiary/aromatic N) is 3. The van der Waals surface area contributed by atoms with Gasteiger partial charge in [-0.2, -0.15) is 0 Å². The second-order valence-electron chi connectivity index (χ2n) is 4.98. The summed E-state index contributed by atoms with van der Waals surface area (Å²) in [6, 6.07) is 0. The highest BCUT2D eigenvalue weighted by atomic mass is 16.5. The summed E-state index contributed by atoms with van der Waals surface area (Å²) in [7, 11) is 0. The number of imidazole rings is 1. The number of rotatable bonds is 6. The lowest BCUT2D eigenvalue weighted by atomic mass is 10.1. The van der Waals surface area contributed by atoms with Crippen molar-refractivity contribution in [2.75, 3.05) is 26.2 Å². The van der Waals surface area contributed by atoms with Gasteiger partial charge in [-0.1, -0.05) is 6.42 Å². The van der Waals surface area contributed by atoms with Gasteiger partial charge in [0.2, 0.25) is 0 Å². The van der Waals surface area contributed by atoms with Gasteiger partial charge in [0.05, 0.1) is 0 Å². The Kier molecular flexibility index (Phi) is 5.20. The van der Waals surface area contributed by atoms with Crippen LogP contribution in [0.1, 0.15) is 45.0 Å². The van der Waals surface area contributed by atoms with Crippen molar-refractivity contribution in [2.45, 2.75) is 45.8 Å². The van der Waals surface area contributed by atoms with E-state index < -0.39 is 0 Å². The van der Waals surface area contributed by atoms with Crippen molar-refractivity contribution in [3.05, 3.63) is 18.2 Å². The fourth-order valence-corrected chi connectivity index (χ4v) is 2.62. The van der Waals surface area contributed by atoms with Crippen molar-refractivity contribution in [3.8, 4) is 0 Å². The summed E-state index contributed by atoms with van der Waals surface area (Å²) >= 11 is 0. The van der Waals surface area contributed by atoms with Gasteiger partial charge in [0.1, 0.15) is 11.9 Å². The molecule has 4 nitrogen and oxygen atoms in total. The number of hydrogen-bond donors (Lipinski definition) is 0. The Morgan fingerprint density at radius 3 is 2.78 bits per heavy atom. The predicted octanol–water partition coefficient (Wildman–Crippen LogP) is 2.47. The van der Waals surface area contributed by atoms with E-state index >= 15 is 0 Å². The molecular weight excluding hydrogens is 226 g/mol. The average Bonchev–Trinajstić information content (AvgIpc) is 2.86. The van der Waals surface area contributed by atoms with Crippen molar-refractivity contribution in [1.82, 2.24) is 14.5 Å². The summed E-state index contributed by atoms with van der Waals surface area (Å²) in [5, 5.41) is 0. The van der Waals surface area contributed by atoms with E-state index in [4.69, 9.17) is 4.74 Å². The molecule has 0 bridgehead atoms. The van der Waals surface area contributed by atoms with Crippen LogP contribution in [0.3, 0.4) is 0 Å². The Labute approximate surface area is 110 Å². The normalized spacial score (nSPS) is 19.0. The SMILES string of the molecule is CCO[C@@H](C)c1nccn1CCN1CCCCC1. The van der Waals surface area contributed by atoms with E-state index in [0.29, 0.717) is 0 Å². The van der Waals surface area contributed by atoms with Gasteiger partial charge in [0.25, 0.3) is 0 Å². The highest BCUT2D eigenvalue weighted by Gasteiger charge is 2.14. The quantitative estimate of drug-likeness (QED) is 0.778. The van der Waals surface area contributed by atoms with Gasteiger partial charge in [-0.15, -0.1) is 0 Å². The van der Waals surface area contributed by atoms with Gasteiger partial charge in [-0.05, 0) is 39.8 Å². The molecule has 1 aromatic rings. The predicted molar refractivity (Wildman–Crippen MR) is 72.6 cm³/mol. The molecule has 2 heterocycles. The number of hydrogen-bond acceptors (Lipinski definition) is 3. The molecule has 1 aliphatic rings. The second-order valence-corrected chi connectivity index (χ2v) is 4.98. The molecule has 1 saturated heterocycles. The van der Waals surface area contributed by atoms with E-state index in [1.165, 1.54) is 32.4 Å². The standard InChI is InChI=1S/C14H25N3O/c1-3-18-13(2)14-15-7-10-17(14)12-11-16-8-5-4-6-9-16/h7,10,13H,3-6,8-9,11-12H2,1-2H3/t13-/m0/s1. The van der Waals surface area contributed by atoms with Crippen molar-refractivity contribution in [3.63, 3.8) is 0 Å². The maximum Gasteiger partial charge on any atom is 0.137 e. The zero-order valence-corrected chi connectivity index (χ0v) is 11.6. The van der Waals surface area contributed by atoms with Gasteiger partial charge in [0, 0.05) is 32.1 Å². The molecule has 0 N–H and O–H groups in total. The molecule has 0 aliphatic carbocycles. The molecule has 2 rings (SSSR count). The lowest BCUT2D eigenvalue weighted by Gasteiger charge is -2.26. The summed E-state index contributed by atoms with van der Waals surface area (Å²) in [4.78, 5) is 6.97. The molecule has 0 spiro atoms. The van der Waals surface area contributed by atoms with Gasteiger partial charge in [-0.25, -0.2) is 4.98 Å². The Hall–Kier alpha value is -0.870. The molecule has 0 unspecified atom stereocenters. The van der Waals surface area contributed by atoms with E-state index in [0.717, 1.165) is 25.5 Å². The second kappa shape index (κ2) is 6.90. The highest BCUT2D eigenvalue weighted by Crippen LogP contribution is 2.15. The van der Waals surface area contributed by atoms with Crippen LogP contribution in [0.25, 0.3) is 0 Å². The molecule has 0 saturated carbocycles. The largest absolute Gasteiger partial charge is 0.371 e. The molecule has 1 fully saturated rings. The molecular formula is C14H25N3O. The van der Waals surface area contributed by atoms with Crippen LogP contribution in [0.2, 0.25) is 0 Å². The minimum Gasteiger partial charge on any atom is -0.371 e. The number of piperidine rings is 1. The summed E-state index contributed by atoms with van der Waals surface area (Å²) in [6.45, 7) is 9.49. The third-order valence-electron chi connectivity index (χ3n) is 3.63.